The van der Waals surface area contributed by atoms with Crippen LogP contribution in [0.4, 0.5) is 13.2 Å². The van der Waals surface area contributed by atoms with E-state index >= 15 is 0 Å². The van der Waals surface area contributed by atoms with Gasteiger partial charge in [0.1, 0.15) is 0 Å². The molecule has 1 heterocycles. The van der Waals surface area contributed by atoms with Gasteiger partial charge in [0.2, 0.25) is 0 Å². The van der Waals surface area contributed by atoms with Crippen molar-refractivity contribution in [3.63, 3.8) is 0 Å². The fourth-order valence-electron chi connectivity index (χ4n) is 0.967. The predicted molar refractivity (Wildman–Crippen MR) is 32.5 cm³/mol. The van der Waals surface area contributed by atoms with E-state index in [-0.39, 0.29) is 17.9 Å². The zero-order valence-corrected chi connectivity index (χ0v) is 6.24. The Morgan fingerprint density at radius 2 is 1.73 bits per heavy atom. The van der Waals surface area contributed by atoms with Gasteiger partial charge < -0.3 is 0 Å². The third-order valence-corrected chi connectivity index (χ3v) is 3.23. The van der Waals surface area contributed by atoms with Gasteiger partial charge in [-0.2, -0.15) is 13.2 Å². The van der Waals surface area contributed by atoms with E-state index in [1.165, 1.54) is 0 Å². The second kappa shape index (κ2) is 2.36. The highest BCUT2D eigenvalue weighted by molar-refractivity contribution is 7.92. The summed E-state index contributed by atoms with van der Waals surface area (Å²) in [6.45, 7) is 0. The molecule has 1 fully saturated rings. The highest BCUT2D eigenvalue weighted by atomic mass is 32.2. The highest BCUT2D eigenvalue weighted by Crippen LogP contribution is 2.30. The Kier molecular flexibility index (Phi) is 1.90. The molecule has 1 aliphatic heterocycles. The van der Waals surface area contributed by atoms with Gasteiger partial charge in [0.05, 0.1) is 17.9 Å². The summed E-state index contributed by atoms with van der Waals surface area (Å²) in [5.41, 5.74) is 0. The minimum atomic E-state index is -4.35. The van der Waals surface area contributed by atoms with Crippen LogP contribution in [-0.2, 0) is 9.84 Å². The van der Waals surface area contributed by atoms with Crippen LogP contribution in [0.2, 0.25) is 0 Å². The van der Waals surface area contributed by atoms with Crippen molar-refractivity contribution in [1.29, 1.82) is 0 Å². The van der Waals surface area contributed by atoms with E-state index in [9.17, 15) is 21.6 Å². The molecule has 0 unspecified atom stereocenters. The number of sulfone groups is 1. The number of hydrogen-bond donors (Lipinski definition) is 0. The molecule has 0 aliphatic carbocycles. The molecule has 0 atom stereocenters. The van der Waals surface area contributed by atoms with Crippen molar-refractivity contribution in [2.45, 2.75) is 6.18 Å². The van der Waals surface area contributed by atoms with E-state index in [0.29, 0.717) is 0 Å². The minimum Gasteiger partial charge on any atom is -0.229 e. The molecule has 11 heavy (non-hydrogen) atoms. The number of halogens is 3. The summed E-state index contributed by atoms with van der Waals surface area (Å²) in [5, 5.41) is 0. The minimum absolute atomic E-state index is 0.133. The average molecular weight is 187 g/mol. The quantitative estimate of drug-likeness (QED) is 0.608. The Bertz CT molecular complexity index is 229. The molecule has 0 aromatic rings. The van der Waals surface area contributed by atoms with Crippen LogP contribution in [0.3, 0.4) is 0 Å². The Morgan fingerprint density at radius 1 is 1.27 bits per heavy atom. The third-order valence-electron chi connectivity index (χ3n) is 1.36. The zero-order valence-electron chi connectivity index (χ0n) is 5.43. The average Bonchev–Trinajstić information content (AvgIpc) is 1.53. The molecule has 2 nitrogen and oxygen atoms in total. The Labute approximate surface area is 62.3 Å². The first-order valence-corrected chi connectivity index (χ1v) is 4.74. The van der Waals surface area contributed by atoms with E-state index in [0.717, 1.165) is 0 Å². The van der Waals surface area contributed by atoms with Gasteiger partial charge in [-0.1, -0.05) is 0 Å². The fraction of sp³-hybridized carbons (Fsp3) is 0.800. The molecule has 1 aliphatic rings. The molecular formula is C5H6F3O2S. The van der Waals surface area contributed by atoms with Crippen LogP contribution in [0.5, 0.6) is 0 Å². The Hall–Kier alpha value is -0.260. The maximum Gasteiger partial charge on any atom is 0.392 e. The summed E-state index contributed by atoms with van der Waals surface area (Å²) in [6.07, 6.45) is -4.21. The molecule has 1 radical (unpaired) electrons. The van der Waals surface area contributed by atoms with Gasteiger partial charge >= 0.3 is 6.18 Å². The van der Waals surface area contributed by atoms with Crippen LogP contribution >= 0.6 is 0 Å². The summed E-state index contributed by atoms with van der Waals surface area (Å²) in [4.78, 5) is 0. The molecule has 65 valence electrons. The van der Waals surface area contributed by atoms with Crippen LogP contribution in [-0.4, -0.2) is 26.1 Å². The summed E-state index contributed by atoms with van der Waals surface area (Å²) >= 11 is 0. The largest absolute Gasteiger partial charge is 0.392 e. The number of hydrogen-bond acceptors (Lipinski definition) is 2. The molecule has 0 aromatic heterocycles. The van der Waals surface area contributed by atoms with Gasteiger partial charge in [-0.05, 0) is 5.92 Å². The van der Waals surface area contributed by atoms with Crippen molar-refractivity contribution >= 4 is 9.84 Å². The molecule has 0 saturated carbocycles. The van der Waals surface area contributed by atoms with Crippen LogP contribution < -0.4 is 0 Å². The van der Waals surface area contributed by atoms with Gasteiger partial charge in [0.25, 0.3) is 0 Å². The van der Waals surface area contributed by atoms with Crippen molar-refractivity contribution in [1.82, 2.24) is 0 Å². The number of rotatable bonds is 1. The van der Waals surface area contributed by atoms with Gasteiger partial charge in [-0.3, -0.25) is 0 Å². The predicted octanol–water partition coefficient (Wildman–Crippen LogP) is 0.798. The Morgan fingerprint density at radius 3 is 2.00 bits per heavy atom. The summed E-state index contributed by atoms with van der Waals surface area (Å²) in [5.74, 6) is -1.53. The SMILES string of the molecule is O=S1(=O)CC([CH]C(F)(F)F)C1. The molecule has 1 rings (SSSR count). The first-order chi connectivity index (χ1) is 4.79. The Balaban J connectivity index is 2.36. The molecule has 0 N–H and O–H groups in total. The fourth-order valence-corrected chi connectivity index (χ4v) is 2.37. The maximum absolute atomic E-state index is 11.5. The topological polar surface area (TPSA) is 34.1 Å². The second-order valence-corrected chi connectivity index (χ2v) is 4.70. The molecule has 0 aromatic carbocycles. The standard InChI is InChI=1S/C5H6F3O2S/c6-5(7,8)1-4-2-11(9,10)3-4/h1,4H,2-3H2. The zero-order chi connectivity index (χ0) is 8.70. The summed E-state index contributed by atoms with van der Waals surface area (Å²) < 4.78 is 55.4. The van der Waals surface area contributed by atoms with Crippen LogP contribution in [0, 0.1) is 12.3 Å². The van der Waals surface area contributed by atoms with Gasteiger partial charge in [-0.15, -0.1) is 0 Å². The summed E-state index contributed by atoms with van der Waals surface area (Å²) in [6, 6.07) is 0. The van der Waals surface area contributed by atoms with Crippen molar-refractivity contribution in [3.8, 4) is 0 Å². The van der Waals surface area contributed by atoms with E-state index in [1.807, 2.05) is 0 Å². The van der Waals surface area contributed by atoms with E-state index in [2.05, 4.69) is 0 Å². The molecule has 0 spiro atoms. The molecular weight excluding hydrogens is 181 g/mol. The van der Waals surface area contributed by atoms with Crippen LogP contribution in [0.15, 0.2) is 0 Å². The van der Waals surface area contributed by atoms with Crippen LogP contribution in [0.1, 0.15) is 0 Å². The van der Waals surface area contributed by atoms with Crippen molar-refractivity contribution in [3.05, 3.63) is 6.42 Å². The molecule has 6 heteroatoms. The number of alkyl halides is 3. The third kappa shape index (κ3) is 2.69. The van der Waals surface area contributed by atoms with Gasteiger partial charge in [0, 0.05) is 0 Å². The van der Waals surface area contributed by atoms with Crippen molar-refractivity contribution < 1.29 is 21.6 Å². The monoisotopic (exact) mass is 187 g/mol. The van der Waals surface area contributed by atoms with Crippen molar-refractivity contribution in [2.75, 3.05) is 11.5 Å². The van der Waals surface area contributed by atoms with Crippen LogP contribution in [0.25, 0.3) is 0 Å². The van der Waals surface area contributed by atoms with E-state index < -0.39 is 21.9 Å². The van der Waals surface area contributed by atoms with E-state index in [4.69, 9.17) is 0 Å². The molecule has 1 saturated heterocycles. The van der Waals surface area contributed by atoms with Gasteiger partial charge in [0.15, 0.2) is 9.84 Å². The lowest BCUT2D eigenvalue weighted by Gasteiger charge is -2.25. The lowest BCUT2D eigenvalue weighted by atomic mass is 10.1. The molecule has 0 bridgehead atoms. The summed E-state index contributed by atoms with van der Waals surface area (Å²) in [7, 11) is -3.13. The first kappa shape index (κ1) is 8.83. The molecule has 0 amide bonds. The van der Waals surface area contributed by atoms with Crippen molar-refractivity contribution in [2.24, 2.45) is 5.92 Å². The second-order valence-electron chi connectivity index (χ2n) is 2.55. The first-order valence-electron chi connectivity index (χ1n) is 2.92. The highest BCUT2D eigenvalue weighted by Gasteiger charge is 2.41. The smallest absolute Gasteiger partial charge is 0.229 e. The van der Waals surface area contributed by atoms with Gasteiger partial charge in [-0.25, -0.2) is 8.42 Å². The maximum atomic E-state index is 11.5. The lowest BCUT2D eigenvalue weighted by molar-refractivity contribution is -0.102. The lowest BCUT2D eigenvalue weighted by Crippen LogP contribution is -2.39. The van der Waals surface area contributed by atoms with E-state index in [1.54, 1.807) is 0 Å². The normalized spacial score (nSPS) is 24.6.